The molecule has 2 aromatic rings. The van der Waals surface area contributed by atoms with E-state index in [1.165, 1.54) is 5.56 Å². The van der Waals surface area contributed by atoms with E-state index in [4.69, 9.17) is 10.5 Å². The maximum Gasteiger partial charge on any atom is 0.222 e. The third-order valence-electron chi connectivity index (χ3n) is 5.53. The van der Waals surface area contributed by atoms with Gasteiger partial charge in [0.25, 0.3) is 0 Å². The van der Waals surface area contributed by atoms with Crippen LogP contribution >= 0.6 is 0 Å². The van der Waals surface area contributed by atoms with Crippen molar-refractivity contribution in [2.45, 2.75) is 25.2 Å². The van der Waals surface area contributed by atoms with Gasteiger partial charge in [0.15, 0.2) is 5.78 Å². The van der Waals surface area contributed by atoms with Crippen LogP contribution < -0.4 is 10.5 Å². The van der Waals surface area contributed by atoms with Crippen molar-refractivity contribution in [1.82, 2.24) is 4.90 Å². The number of nitrogens with zero attached hydrogens (tertiary/aromatic N) is 1. The number of ether oxygens (including phenoxy) is 1. The summed E-state index contributed by atoms with van der Waals surface area (Å²) in [6, 6.07) is 17.3. The molecule has 0 spiro atoms. The fraction of sp³-hybridized carbons (Fsp3) is 0.391. The van der Waals surface area contributed by atoms with Crippen molar-refractivity contribution in [3.05, 3.63) is 65.7 Å². The first kappa shape index (κ1) is 20.1. The largest absolute Gasteiger partial charge is 0.497 e. The molecule has 3 rings (SSSR count). The second kappa shape index (κ2) is 9.51. The zero-order valence-electron chi connectivity index (χ0n) is 16.3. The molecule has 0 unspecified atom stereocenters. The van der Waals surface area contributed by atoms with Crippen LogP contribution in [0.15, 0.2) is 54.6 Å². The van der Waals surface area contributed by atoms with E-state index >= 15 is 0 Å². The van der Waals surface area contributed by atoms with E-state index in [1.807, 2.05) is 23.1 Å². The van der Waals surface area contributed by atoms with Gasteiger partial charge >= 0.3 is 0 Å². The minimum atomic E-state index is 0.0545. The summed E-state index contributed by atoms with van der Waals surface area (Å²) in [5, 5.41) is 0. The molecular weight excluding hydrogens is 352 g/mol. The number of nitrogens with two attached hydrogens (primary N) is 1. The number of carbonyl (C=O) groups is 2. The third kappa shape index (κ3) is 4.78. The van der Waals surface area contributed by atoms with Gasteiger partial charge in [0, 0.05) is 37.4 Å². The highest BCUT2D eigenvalue weighted by atomic mass is 16.5. The average molecular weight is 380 g/mol. The Balaban J connectivity index is 1.50. The van der Waals surface area contributed by atoms with Gasteiger partial charge in [-0.2, -0.15) is 0 Å². The number of hydrogen-bond acceptors (Lipinski definition) is 4. The lowest BCUT2D eigenvalue weighted by atomic mass is 9.89. The molecule has 1 aliphatic rings. The standard InChI is InChI=1S/C23H28N2O3/c1-28-20-12-10-18(11-13-20)22(26)8-5-9-23(27)25-15-19(14-24)21(16-25)17-6-3-2-4-7-17/h2-4,6-7,10-13,19,21H,5,8-9,14-16,24H2,1H3/t19-,21+/m1/s1. The van der Waals surface area contributed by atoms with Gasteiger partial charge in [0.1, 0.15) is 5.75 Å². The minimum Gasteiger partial charge on any atom is -0.497 e. The highest BCUT2D eigenvalue weighted by Gasteiger charge is 2.34. The molecule has 0 bridgehead atoms. The van der Waals surface area contributed by atoms with E-state index in [1.54, 1.807) is 31.4 Å². The molecule has 2 N–H and O–H groups in total. The van der Waals surface area contributed by atoms with E-state index in [2.05, 4.69) is 12.1 Å². The quantitative estimate of drug-likeness (QED) is 0.714. The summed E-state index contributed by atoms with van der Waals surface area (Å²) in [4.78, 5) is 26.9. The summed E-state index contributed by atoms with van der Waals surface area (Å²) in [5.74, 6) is 1.46. The number of carbonyl (C=O) groups excluding carboxylic acids is 2. The molecule has 0 saturated carbocycles. The summed E-state index contributed by atoms with van der Waals surface area (Å²) in [5.41, 5.74) is 7.85. The summed E-state index contributed by atoms with van der Waals surface area (Å²) >= 11 is 0. The number of ketones is 1. The predicted molar refractivity (Wildman–Crippen MR) is 109 cm³/mol. The zero-order chi connectivity index (χ0) is 19.9. The van der Waals surface area contributed by atoms with Gasteiger partial charge in [0.2, 0.25) is 5.91 Å². The summed E-state index contributed by atoms with van der Waals surface area (Å²) in [6.07, 6.45) is 1.32. The summed E-state index contributed by atoms with van der Waals surface area (Å²) in [6.45, 7) is 1.97. The van der Waals surface area contributed by atoms with Crippen molar-refractivity contribution in [3.8, 4) is 5.75 Å². The molecule has 2 atom stereocenters. The number of benzene rings is 2. The Kier molecular flexibility index (Phi) is 6.82. The van der Waals surface area contributed by atoms with Crippen LogP contribution in [0.5, 0.6) is 5.75 Å². The van der Waals surface area contributed by atoms with Crippen LogP contribution in [0.25, 0.3) is 0 Å². The molecule has 1 aliphatic heterocycles. The zero-order valence-corrected chi connectivity index (χ0v) is 16.3. The molecular formula is C23H28N2O3. The van der Waals surface area contributed by atoms with Crippen molar-refractivity contribution in [1.29, 1.82) is 0 Å². The maximum atomic E-state index is 12.6. The lowest BCUT2D eigenvalue weighted by Gasteiger charge is -2.17. The number of methoxy groups -OCH3 is 1. The Bertz CT molecular complexity index is 789. The topological polar surface area (TPSA) is 72.6 Å². The number of rotatable bonds is 8. The highest BCUT2D eigenvalue weighted by molar-refractivity contribution is 5.96. The Morgan fingerprint density at radius 3 is 2.39 bits per heavy atom. The molecule has 2 aromatic carbocycles. The van der Waals surface area contributed by atoms with Crippen molar-refractivity contribution < 1.29 is 14.3 Å². The van der Waals surface area contributed by atoms with Crippen LogP contribution in [0.4, 0.5) is 0 Å². The SMILES string of the molecule is COc1ccc(C(=O)CCCC(=O)N2C[C@@H](CN)[C@H](c3ccccc3)C2)cc1. The molecule has 5 nitrogen and oxygen atoms in total. The van der Waals surface area contributed by atoms with Gasteiger partial charge in [-0.1, -0.05) is 30.3 Å². The molecule has 148 valence electrons. The van der Waals surface area contributed by atoms with Crippen LogP contribution in [-0.2, 0) is 4.79 Å². The van der Waals surface area contributed by atoms with Crippen LogP contribution in [0.2, 0.25) is 0 Å². The predicted octanol–water partition coefficient (Wildman–Crippen LogP) is 3.25. The molecule has 1 saturated heterocycles. The summed E-state index contributed by atoms with van der Waals surface area (Å²) in [7, 11) is 1.60. The molecule has 0 radical (unpaired) electrons. The van der Waals surface area contributed by atoms with Crippen LogP contribution in [0.1, 0.15) is 41.1 Å². The third-order valence-corrected chi connectivity index (χ3v) is 5.53. The molecule has 28 heavy (non-hydrogen) atoms. The van der Waals surface area contributed by atoms with E-state index in [-0.39, 0.29) is 23.5 Å². The van der Waals surface area contributed by atoms with E-state index < -0.39 is 0 Å². The van der Waals surface area contributed by atoms with Crippen LogP contribution in [-0.4, -0.2) is 43.3 Å². The molecule has 0 aliphatic carbocycles. The Morgan fingerprint density at radius 1 is 1.04 bits per heavy atom. The van der Waals surface area contributed by atoms with E-state index in [0.29, 0.717) is 44.5 Å². The number of likely N-dealkylation sites (tertiary alicyclic amines) is 1. The van der Waals surface area contributed by atoms with Crippen LogP contribution in [0.3, 0.4) is 0 Å². The first-order valence-corrected chi connectivity index (χ1v) is 9.82. The first-order valence-electron chi connectivity index (χ1n) is 9.82. The normalized spacial score (nSPS) is 18.9. The van der Waals surface area contributed by atoms with Gasteiger partial charge in [-0.15, -0.1) is 0 Å². The molecule has 1 heterocycles. The van der Waals surface area contributed by atoms with Crippen LogP contribution in [0, 0.1) is 5.92 Å². The van der Waals surface area contributed by atoms with E-state index in [0.717, 1.165) is 5.75 Å². The molecule has 5 heteroatoms. The molecule has 1 fully saturated rings. The fourth-order valence-electron chi connectivity index (χ4n) is 3.87. The van der Waals surface area contributed by atoms with Gasteiger partial charge < -0.3 is 15.4 Å². The minimum absolute atomic E-state index is 0.0545. The second-order valence-electron chi connectivity index (χ2n) is 7.32. The smallest absolute Gasteiger partial charge is 0.222 e. The molecule has 1 amide bonds. The van der Waals surface area contributed by atoms with Crippen molar-refractivity contribution in [2.24, 2.45) is 11.7 Å². The number of hydrogen-bond donors (Lipinski definition) is 1. The lowest BCUT2D eigenvalue weighted by Crippen LogP contribution is -2.29. The van der Waals surface area contributed by atoms with Crippen molar-refractivity contribution in [3.63, 3.8) is 0 Å². The van der Waals surface area contributed by atoms with E-state index in [9.17, 15) is 9.59 Å². The van der Waals surface area contributed by atoms with Crippen molar-refractivity contribution >= 4 is 11.7 Å². The van der Waals surface area contributed by atoms with Gasteiger partial charge in [-0.3, -0.25) is 9.59 Å². The second-order valence-corrected chi connectivity index (χ2v) is 7.32. The monoisotopic (exact) mass is 380 g/mol. The molecule has 0 aromatic heterocycles. The van der Waals surface area contributed by atoms with Gasteiger partial charge in [0.05, 0.1) is 7.11 Å². The fourth-order valence-corrected chi connectivity index (χ4v) is 3.87. The highest BCUT2D eigenvalue weighted by Crippen LogP contribution is 2.32. The lowest BCUT2D eigenvalue weighted by molar-refractivity contribution is -0.130. The number of Topliss-reactive ketones (excluding diaryl/α,β-unsaturated/α-hetero) is 1. The average Bonchev–Trinajstić information content (AvgIpc) is 3.19. The van der Waals surface area contributed by atoms with Crippen molar-refractivity contribution in [2.75, 3.05) is 26.7 Å². The Morgan fingerprint density at radius 2 is 1.75 bits per heavy atom. The number of amides is 1. The Labute approximate surface area is 166 Å². The van der Waals surface area contributed by atoms with Gasteiger partial charge in [-0.25, -0.2) is 0 Å². The Hall–Kier alpha value is -2.66. The maximum absolute atomic E-state index is 12.6. The summed E-state index contributed by atoms with van der Waals surface area (Å²) < 4.78 is 5.11. The van der Waals surface area contributed by atoms with Gasteiger partial charge in [-0.05, 0) is 48.7 Å². The first-order chi connectivity index (χ1) is 13.6.